The number of amides is 2. The van der Waals surface area contributed by atoms with Crippen LogP contribution in [-0.4, -0.2) is 17.9 Å². The molecule has 0 fully saturated rings. The number of carbonyl (C=O) groups excluding carboxylic acids is 2. The molecule has 0 aliphatic carbocycles. The lowest BCUT2D eigenvalue weighted by atomic mass is 10.1. The molecule has 2 amide bonds. The van der Waals surface area contributed by atoms with E-state index >= 15 is 0 Å². The van der Waals surface area contributed by atoms with E-state index in [9.17, 15) is 9.59 Å². The molecule has 150 valence electrons. The summed E-state index contributed by atoms with van der Waals surface area (Å²) in [5.41, 5.74) is 0.765. The van der Waals surface area contributed by atoms with Crippen molar-refractivity contribution in [2.45, 2.75) is 26.0 Å². The zero-order chi connectivity index (χ0) is 20.6. The highest BCUT2D eigenvalue weighted by molar-refractivity contribution is 6.30. The van der Waals surface area contributed by atoms with Gasteiger partial charge in [-0.2, -0.15) is 0 Å². The molecule has 6 nitrogen and oxygen atoms in total. The minimum absolute atomic E-state index is 0.255. The second-order valence-corrected chi connectivity index (χ2v) is 6.70. The van der Waals surface area contributed by atoms with Gasteiger partial charge in [0.25, 0.3) is 11.8 Å². The summed E-state index contributed by atoms with van der Waals surface area (Å²) >= 11 is 5.88. The molecule has 1 atom stereocenters. The predicted octanol–water partition coefficient (Wildman–Crippen LogP) is 4.66. The molecule has 0 aliphatic heterocycles. The molecule has 1 heterocycles. The highest BCUT2D eigenvalue weighted by Gasteiger charge is 2.21. The van der Waals surface area contributed by atoms with Crippen LogP contribution in [0.3, 0.4) is 0 Å². The molecule has 3 rings (SSSR count). The molecule has 0 unspecified atom stereocenters. The number of para-hydroxylation sites is 1. The molecule has 0 radical (unpaired) electrons. The van der Waals surface area contributed by atoms with Crippen LogP contribution in [0, 0.1) is 0 Å². The van der Waals surface area contributed by atoms with Crippen LogP contribution in [-0.2, 0) is 11.3 Å². The van der Waals surface area contributed by atoms with Gasteiger partial charge < -0.3 is 19.8 Å². The number of furan rings is 1. The van der Waals surface area contributed by atoms with E-state index in [1.54, 1.807) is 66.9 Å². The fourth-order valence-electron chi connectivity index (χ4n) is 2.68. The number of benzene rings is 2. The zero-order valence-corrected chi connectivity index (χ0v) is 16.6. The van der Waals surface area contributed by atoms with Crippen LogP contribution in [0.2, 0.25) is 5.02 Å². The first-order valence-corrected chi connectivity index (χ1v) is 9.57. The maximum absolute atomic E-state index is 12.7. The quantitative estimate of drug-likeness (QED) is 0.564. The van der Waals surface area contributed by atoms with Gasteiger partial charge in [0.2, 0.25) is 0 Å². The number of hydrogen-bond donors (Lipinski definition) is 2. The summed E-state index contributed by atoms with van der Waals surface area (Å²) in [7, 11) is 0. The molecule has 3 aromatic rings. The molecule has 7 heteroatoms. The molecule has 1 aromatic heterocycles. The van der Waals surface area contributed by atoms with Crippen LogP contribution in [0.15, 0.2) is 71.3 Å². The average molecular weight is 413 g/mol. The van der Waals surface area contributed by atoms with Gasteiger partial charge in [-0.3, -0.25) is 9.59 Å². The van der Waals surface area contributed by atoms with E-state index in [0.717, 1.165) is 0 Å². The van der Waals surface area contributed by atoms with E-state index in [1.807, 2.05) is 6.92 Å². The van der Waals surface area contributed by atoms with Gasteiger partial charge in [0.1, 0.15) is 11.5 Å². The second kappa shape index (κ2) is 9.80. The minimum atomic E-state index is -0.713. The van der Waals surface area contributed by atoms with Gasteiger partial charge in [0.15, 0.2) is 6.10 Å². The number of hydrogen-bond acceptors (Lipinski definition) is 4. The van der Waals surface area contributed by atoms with Gasteiger partial charge in [-0.25, -0.2) is 0 Å². The molecule has 0 saturated carbocycles. The molecule has 0 bridgehead atoms. The largest absolute Gasteiger partial charge is 0.481 e. The summed E-state index contributed by atoms with van der Waals surface area (Å²) in [6, 6.07) is 17.1. The fraction of sp³-hybridized carbons (Fsp3) is 0.182. The minimum Gasteiger partial charge on any atom is -0.481 e. The van der Waals surface area contributed by atoms with E-state index in [-0.39, 0.29) is 18.4 Å². The lowest BCUT2D eigenvalue weighted by molar-refractivity contribution is -0.122. The van der Waals surface area contributed by atoms with Gasteiger partial charge in [-0.15, -0.1) is 0 Å². The van der Waals surface area contributed by atoms with Crippen LogP contribution in [0.5, 0.6) is 5.75 Å². The van der Waals surface area contributed by atoms with Gasteiger partial charge in [-0.05, 0) is 55.0 Å². The Morgan fingerprint density at radius 3 is 2.52 bits per heavy atom. The van der Waals surface area contributed by atoms with Gasteiger partial charge in [-0.1, -0.05) is 30.7 Å². The standard InChI is InChI=1S/C22H21ClN2O4/c1-2-20(29-16-11-9-15(23)10-12-16)22(27)25-19-8-4-3-7-18(19)21(26)24-14-17-6-5-13-28-17/h3-13,20H,2,14H2,1H3,(H,24,26)(H,25,27)/t20-/m1/s1. The Balaban J connectivity index is 1.67. The van der Waals surface area contributed by atoms with Gasteiger partial charge in [0.05, 0.1) is 24.1 Å². The van der Waals surface area contributed by atoms with E-state index < -0.39 is 6.10 Å². The molecular weight excluding hydrogens is 392 g/mol. The summed E-state index contributed by atoms with van der Waals surface area (Å²) in [6.07, 6.45) is 1.29. The van der Waals surface area contributed by atoms with E-state index in [4.69, 9.17) is 20.8 Å². The first-order valence-electron chi connectivity index (χ1n) is 9.19. The molecular formula is C22H21ClN2O4. The number of halogens is 1. The van der Waals surface area contributed by atoms with Crippen molar-refractivity contribution in [1.82, 2.24) is 5.32 Å². The molecule has 2 N–H and O–H groups in total. The highest BCUT2D eigenvalue weighted by Crippen LogP contribution is 2.20. The van der Waals surface area contributed by atoms with E-state index in [1.165, 1.54) is 0 Å². The van der Waals surface area contributed by atoms with Crippen molar-refractivity contribution >= 4 is 29.1 Å². The smallest absolute Gasteiger partial charge is 0.265 e. The summed E-state index contributed by atoms with van der Waals surface area (Å²) in [5, 5.41) is 6.16. The van der Waals surface area contributed by atoms with Crippen molar-refractivity contribution < 1.29 is 18.7 Å². The van der Waals surface area contributed by atoms with Crippen LogP contribution in [0.4, 0.5) is 5.69 Å². The van der Waals surface area contributed by atoms with Crippen LogP contribution in [0.1, 0.15) is 29.5 Å². The molecule has 2 aromatic carbocycles. The third kappa shape index (κ3) is 5.62. The lowest BCUT2D eigenvalue weighted by Gasteiger charge is -2.18. The third-order valence-corrected chi connectivity index (χ3v) is 4.44. The zero-order valence-electron chi connectivity index (χ0n) is 15.9. The first-order chi connectivity index (χ1) is 14.1. The number of carbonyl (C=O) groups is 2. The topological polar surface area (TPSA) is 80.6 Å². The summed E-state index contributed by atoms with van der Waals surface area (Å²) in [5.74, 6) is 0.529. The number of anilines is 1. The molecule has 0 saturated heterocycles. The SMILES string of the molecule is CC[C@@H](Oc1ccc(Cl)cc1)C(=O)Nc1ccccc1C(=O)NCc1ccco1. The molecule has 0 spiro atoms. The van der Waals surface area contributed by atoms with E-state index in [2.05, 4.69) is 10.6 Å². The lowest BCUT2D eigenvalue weighted by Crippen LogP contribution is -2.33. The maximum atomic E-state index is 12.7. The van der Waals surface area contributed by atoms with E-state index in [0.29, 0.717) is 34.2 Å². The maximum Gasteiger partial charge on any atom is 0.265 e. The monoisotopic (exact) mass is 412 g/mol. The van der Waals surface area contributed by atoms with Crippen molar-refractivity contribution in [1.29, 1.82) is 0 Å². The van der Waals surface area contributed by atoms with Crippen molar-refractivity contribution in [3.63, 3.8) is 0 Å². The van der Waals surface area contributed by atoms with Crippen molar-refractivity contribution in [2.75, 3.05) is 5.32 Å². The number of ether oxygens (including phenoxy) is 1. The molecule has 29 heavy (non-hydrogen) atoms. The third-order valence-electron chi connectivity index (χ3n) is 4.19. The normalized spacial score (nSPS) is 11.5. The van der Waals surface area contributed by atoms with Crippen molar-refractivity contribution in [3.8, 4) is 5.75 Å². The Morgan fingerprint density at radius 1 is 1.07 bits per heavy atom. The second-order valence-electron chi connectivity index (χ2n) is 6.27. The summed E-state index contributed by atoms with van der Waals surface area (Å²) in [6.45, 7) is 2.10. The Bertz CT molecular complexity index is 955. The Labute approximate surface area is 173 Å². The van der Waals surface area contributed by atoms with Crippen LogP contribution >= 0.6 is 11.6 Å². The first kappa shape index (κ1) is 20.5. The Morgan fingerprint density at radius 2 is 1.83 bits per heavy atom. The number of nitrogens with one attached hydrogen (secondary N) is 2. The van der Waals surface area contributed by atoms with Crippen LogP contribution < -0.4 is 15.4 Å². The summed E-state index contributed by atoms with van der Waals surface area (Å²) < 4.78 is 11.0. The Kier molecular flexibility index (Phi) is 6.92. The van der Waals surface area contributed by atoms with Crippen molar-refractivity contribution in [2.24, 2.45) is 0 Å². The van der Waals surface area contributed by atoms with Gasteiger partial charge >= 0.3 is 0 Å². The average Bonchev–Trinajstić information content (AvgIpc) is 3.25. The summed E-state index contributed by atoms with van der Waals surface area (Å²) in [4.78, 5) is 25.3. The number of rotatable bonds is 8. The van der Waals surface area contributed by atoms with Gasteiger partial charge in [0, 0.05) is 5.02 Å². The van der Waals surface area contributed by atoms with Crippen LogP contribution in [0.25, 0.3) is 0 Å². The fourth-order valence-corrected chi connectivity index (χ4v) is 2.80. The highest BCUT2D eigenvalue weighted by atomic mass is 35.5. The molecule has 0 aliphatic rings. The Hall–Kier alpha value is -3.25. The predicted molar refractivity (Wildman–Crippen MR) is 111 cm³/mol. The van der Waals surface area contributed by atoms with Crippen molar-refractivity contribution in [3.05, 3.63) is 83.3 Å².